The smallest absolute Gasteiger partial charge is 0.142 e. The van der Waals surface area contributed by atoms with Crippen molar-refractivity contribution in [2.45, 2.75) is 32.5 Å². The van der Waals surface area contributed by atoms with Crippen molar-refractivity contribution in [1.82, 2.24) is 0 Å². The van der Waals surface area contributed by atoms with Gasteiger partial charge in [0.2, 0.25) is 0 Å². The molecule has 2 atom stereocenters. The van der Waals surface area contributed by atoms with E-state index < -0.39 is 6.10 Å². The number of ether oxygens (including phenoxy) is 1. The van der Waals surface area contributed by atoms with Gasteiger partial charge in [-0.05, 0) is 43.9 Å². The van der Waals surface area contributed by atoms with Crippen LogP contribution in [0.25, 0.3) is 0 Å². The highest BCUT2D eigenvalue weighted by molar-refractivity contribution is 5.66. The number of allylic oxidation sites excluding steroid dienone is 6. The van der Waals surface area contributed by atoms with E-state index in [-0.39, 0.29) is 6.10 Å². The third-order valence-electron chi connectivity index (χ3n) is 3.19. The SMILES string of the molecule is CCOC(c1ccccc1)C(C)O.O=CC=CC1=CC[CH]C=C1. The zero-order chi connectivity index (χ0) is 16.9. The summed E-state index contributed by atoms with van der Waals surface area (Å²) in [5, 5.41) is 9.47. The third-order valence-corrected chi connectivity index (χ3v) is 3.19. The minimum absolute atomic E-state index is 0.203. The Bertz CT molecular complexity index is 527. The van der Waals surface area contributed by atoms with Crippen molar-refractivity contribution < 1.29 is 14.6 Å². The first-order chi connectivity index (χ1) is 11.2. The molecule has 0 aliphatic heterocycles. The summed E-state index contributed by atoms with van der Waals surface area (Å²) in [4.78, 5) is 9.90. The molecule has 1 aliphatic rings. The van der Waals surface area contributed by atoms with Gasteiger partial charge in [-0.1, -0.05) is 54.6 Å². The van der Waals surface area contributed by atoms with Gasteiger partial charge in [0.05, 0.1) is 6.10 Å². The highest BCUT2D eigenvalue weighted by Crippen LogP contribution is 2.20. The fourth-order valence-electron chi connectivity index (χ4n) is 2.14. The first-order valence-electron chi connectivity index (χ1n) is 7.85. The van der Waals surface area contributed by atoms with Gasteiger partial charge >= 0.3 is 0 Å². The van der Waals surface area contributed by atoms with Crippen LogP contribution in [0.1, 0.15) is 31.9 Å². The quantitative estimate of drug-likeness (QED) is 0.638. The second-order valence-corrected chi connectivity index (χ2v) is 5.06. The fraction of sp³-hybridized carbons (Fsp3) is 0.300. The van der Waals surface area contributed by atoms with Gasteiger partial charge in [-0.3, -0.25) is 4.79 Å². The summed E-state index contributed by atoms with van der Waals surface area (Å²) in [7, 11) is 0. The summed E-state index contributed by atoms with van der Waals surface area (Å²) in [5.41, 5.74) is 2.13. The molecule has 3 nitrogen and oxygen atoms in total. The van der Waals surface area contributed by atoms with Crippen molar-refractivity contribution >= 4 is 6.29 Å². The summed E-state index contributed by atoms with van der Waals surface area (Å²) < 4.78 is 5.44. The second kappa shape index (κ2) is 11.6. The van der Waals surface area contributed by atoms with Crippen molar-refractivity contribution in [3.8, 4) is 0 Å². The number of hydrogen-bond donors (Lipinski definition) is 1. The molecule has 0 saturated heterocycles. The van der Waals surface area contributed by atoms with Gasteiger partial charge in [0.25, 0.3) is 0 Å². The molecule has 1 radical (unpaired) electrons. The summed E-state index contributed by atoms with van der Waals surface area (Å²) in [6, 6.07) is 9.78. The number of aldehydes is 1. The molecule has 1 aromatic rings. The Labute approximate surface area is 139 Å². The molecule has 123 valence electrons. The molecule has 1 aromatic carbocycles. The van der Waals surface area contributed by atoms with Crippen LogP contribution in [0.2, 0.25) is 0 Å². The van der Waals surface area contributed by atoms with Gasteiger partial charge in [-0.15, -0.1) is 0 Å². The number of aliphatic hydroxyl groups excluding tert-OH is 1. The van der Waals surface area contributed by atoms with Crippen LogP contribution in [0, 0.1) is 6.42 Å². The van der Waals surface area contributed by atoms with Crippen LogP contribution >= 0.6 is 0 Å². The maximum atomic E-state index is 9.90. The Kier molecular flexibility index (Phi) is 9.60. The first kappa shape index (κ1) is 19.1. The Morgan fingerprint density at radius 3 is 2.57 bits per heavy atom. The minimum atomic E-state index is -0.470. The van der Waals surface area contributed by atoms with E-state index in [1.165, 1.54) is 6.08 Å². The van der Waals surface area contributed by atoms with Gasteiger partial charge in [0.1, 0.15) is 12.4 Å². The third kappa shape index (κ3) is 7.73. The fourth-order valence-corrected chi connectivity index (χ4v) is 2.14. The Hall–Kier alpha value is -1.97. The average Bonchev–Trinajstić information content (AvgIpc) is 2.60. The van der Waals surface area contributed by atoms with Gasteiger partial charge in [0, 0.05) is 6.61 Å². The van der Waals surface area contributed by atoms with E-state index in [1.54, 1.807) is 13.0 Å². The Balaban J connectivity index is 0.000000238. The first-order valence-corrected chi connectivity index (χ1v) is 7.85. The Morgan fingerprint density at radius 1 is 1.30 bits per heavy atom. The number of aliphatic hydroxyl groups is 1. The van der Waals surface area contributed by atoms with Gasteiger partial charge in [-0.2, -0.15) is 0 Å². The second-order valence-electron chi connectivity index (χ2n) is 5.06. The van der Waals surface area contributed by atoms with Crippen LogP contribution in [-0.2, 0) is 9.53 Å². The van der Waals surface area contributed by atoms with E-state index in [0.29, 0.717) is 6.61 Å². The van der Waals surface area contributed by atoms with Crippen LogP contribution in [0.15, 0.2) is 66.3 Å². The number of benzene rings is 1. The van der Waals surface area contributed by atoms with Crippen molar-refractivity contribution in [2.75, 3.05) is 6.61 Å². The van der Waals surface area contributed by atoms with Crippen LogP contribution in [-0.4, -0.2) is 24.1 Å². The molecule has 0 bridgehead atoms. The lowest BCUT2D eigenvalue weighted by Crippen LogP contribution is -2.17. The number of carbonyl (C=O) groups excluding carboxylic acids is 1. The zero-order valence-corrected chi connectivity index (χ0v) is 13.8. The van der Waals surface area contributed by atoms with E-state index in [4.69, 9.17) is 4.74 Å². The van der Waals surface area contributed by atoms with Gasteiger partial charge in [0.15, 0.2) is 0 Å². The molecule has 0 heterocycles. The van der Waals surface area contributed by atoms with Crippen LogP contribution < -0.4 is 0 Å². The van der Waals surface area contributed by atoms with E-state index >= 15 is 0 Å². The minimum Gasteiger partial charge on any atom is -0.390 e. The standard InChI is InChI=1S/C11H16O2.C9H9O/c1-3-13-11(9(2)12)10-7-5-4-6-8-10;10-8-4-7-9-5-2-1-3-6-9/h4-9,11-12H,3H2,1-2H3;1-2,4-8H,3H2. The van der Waals surface area contributed by atoms with Gasteiger partial charge in [-0.25, -0.2) is 0 Å². The van der Waals surface area contributed by atoms with Crippen LogP contribution in [0.5, 0.6) is 0 Å². The van der Waals surface area contributed by atoms with E-state index in [9.17, 15) is 9.90 Å². The van der Waals surface area contributed by atoms with E-state index in [1.807, 2.05) is 49.4 Å². The predicted octanol–water partition coefficient (Wildman–Crippen LogP) is 3.98. The molecule has 0 aromatic heterocycles. The number of rotatable bonds is 6. The topological polar surface area (TPSA) is 46.5 Å². The van der Waals surface area contributed by atoms with E-state index in [0.717, 1.165) is 23.8 Å². The molecule has 0 spiro atoms. The summed E-state index contributed by atoms with van der Waals surface area (Å²) in [5.74, 6) is 0. The summed E-state index contributed by atoms with van der Waals surface area (Å²) in [6.07, 6.45) is 12.5. The number of hydrogen-bond acceptors (Lipinski definition) is 3. The molecule has 3 heteroatoms. The molecule has 2 rings (SSSR count). The lowest BCUT2D eigenvalue weighted by Gasteiger charge is -2.19. The molecule has 0 fully saturated rings. The maximum absolute atomic E-state index is 9.90. The largest absolute Gasteiger partial charge is 0.390 e. The van der Waals surface area contributed by atoms with Crippen LogP contribution in [0.3, 0.4) is 0 Å². The highest BCUT2D eigenvalue weighted by Gasteiger charge is 2.16. The molecule has 0 amide bonds. The van der Waals surface area contributed by atoms with Crippen LogP contribution in [0.4, 0.5) is 0 Å². The van der Waals surface area contributed by atoms with Crippen molar-refractivity contribution in [2.24, 2.45) is 0 Å². The normalized spacial score (nSPS) is 16.2. The molecular formula is C20H25O3. The molecule has 23 heavy (non-hydrogen) atoms. The highest BCUT2D eigenvalue weighted by atomic mass is 16.5. The molecule has 0 saturated carbocycles. The Morgan fingerprint density at radius 2 is 2.04 bits per heavy atom. The molecule has 1 N–H and O–H groups in total. The van der Waals surface area contributed by atoms with E-state index in [2.05, 4.69) is 12.5 Å². The molecular weight excluding hydrogens is 288 g/mol. The molecule has 1 aliphatic carbocycles. The summed E-state index contributed by atoms with van der Waals surface area (Å²) in [6.45, 7) is 4.29. The molecule has 2 unspecified atom stereocenters. The lowest BCUT2D eigenvalue weighted by molar-refractivity contribution is -0.104. The van der Waals surface area contributed by atoms with Crippen molar-refractivity contribution in [3.63, 3.8) is 0 Å². The van der Waals surface area contributed by atoms with Crippen molar-refractivity contribution in [1.29, 1.82) is 0 Å². The van der Waals surface area contributed by atoms with Crippen molar-refractivity contribution in [3.05, 3.63) is 78.3 Å². The number of carbonyl (C=O) groups is 1. The van der Waals surface area contributed by atoms with Gasteiger partial charge < -0.3 is 9.84 Å². The average molecular weight is 313 g/mol. The zero-order valence-electron chi connectivity index (χ0n) is 13.8. The maximum Gasteiger partial charge on any atom is 0.142 e. The lowest BCUT2D eigenvalue weighted by atomic mass is 10.1. The predicted molar refractivity (Wildman–Crippen MR) is 93.8 cm³/mol. The summed E-state index contributed by atoms with van der Waals surface area (Å²) >= 11 is 0. The monoisotopic (exact) mass is 313 g/mol.